The zero-order valence-electron chi connectivity index (χ0n) is 21.7. The second-order valence-electron chi connectivity index (χ2n) is 12.4. The lowest BCUT2D eigenvalue weighted by atomic mass is 9.42. The molecule has 4 aliphatic carbocycles. The van der Waals surface area contributed by atoms with E-state index in [4.69, 9.17) is 0 Å². The Bertz CT molecular complexity index is 894. The van der Waals surface area contributed by atoms with Crippen molar-refractivity contribution in [3.05, 3.63) is 11.6 Å². The molecule has 0 amide bonds. The number of Topliss-reactive ketones (excluding diaryl/α,β-unsaturated/α-hetero) is 1. The molecule has 6 nitrogen and oxygen atoms in total. The standard InChI is InChI=1S/C29H44O6/c1-4-5-6-7-8-22(26(34)35)29(24(33)17-30)14-12-21-20-10-9-18-15-19(31)11-13-27(18,2)25(20)23(32)16-28(21,29)3/h15,20-23,25,30,32H,4-14,16-17H2,1-3H3,(H,34,35). The van der Waals surface area contributed by atoms with Crippen LogP contribution in [0.15, 0.2) is 11.6 Å². The van der Waals surface area contributed by atoms with Gasteiger partial charge in [-0.1, -0.05) is 52.0 Å². The molecular weight excluding hydrogens is 444 g/mol. The van der Waals surface area contributed by atoms with Crippen molar-refractivity contribution in [1.29, 1.82) is 0 Å². The first-order chi connectivity index (χ1) is 16.6. The zero-order chi connectivity index (χ0) is 25.6. The van der Waals surface area contributed by atoms with Crippen LogP contribution in [0.1, 0.15) is 97.8 Å². The number of hydrogen-bond acceptors (Lipinski definition) is 5. The van der Waals surface area contributed by atoms with Gasteiger partial charge in [-0.3, -0.25) is 14.4 Å². The van der Waals surface area contributed by atoms with Gasteiger partial charge in [-0.25, -0.2) is 0 Å². The van der Waals surface area contributed by atoms with Crippen molar-refractivity contribution in [3.63, 3.8) is 0 Å². The summed E-state index contributed by atoms with van der Waals surface area (Å²) in [6, 6.07) is 0. The number of carboxylic acids is 1. The predicted molar refractivity (Wildman–Crippen MR) is 133 cm³/mol. The largest absolute Gasteiger partial charge is 0.481 e. The molecule has 4 aliphatic rings. The fourth-order valence-corrected chi connectivity index (χ4v) is 9.47. The van der Waals surface area contributed by atoms with Gasteiger partial charge in [-0.05, 0) is 79.6 Å². The molecule has 8 atom stereocenters. The van der Waals surface area contributed by atoms with Crippen molar-refractivity contribution in [2.45, 2.75) is 104 Å². The van der Waals surface area contributed by atoms with Crippen molar-refractivity contribution in [2.75, 3.05) is 6.61 Å². The van der Waals surface area contributed by atoms with Gasteiger partial charge < -0.3 is 15.3 Å². The van der Waals surface area contributed by atoms with Gasteiger partial charge in [0.05, 0.1) is 17.4 Å². The maximum Gasteiger partial charge on any atom is 0.307 e. The third kappa shape index (κ3) is 3.94. The van der Waals surface area contributed by atoms with E-state index in [-0.39, 0.29) is 34.7 Å². The summed E-state index contributed by atoms with van der Waals surface area (Å²) in [4.78, 5) is 38.4. The van der Waals surface area contributed by atoms with Crippen molar-refractivity contribution in [2.24, 2.45) is 39.9 Å². The first kappa shape index (κ1) is 26.5. The first-order valence-electron chi connectivity index (χ1n) is 13.9. The number of carbonyl (C=O) groups excluding carboxylic acids is 2. The maximum atomic E-state index is 13.6. The number of rotatable bonds is 9. The van der Waals surface area contributed by atoms with Crippen LogP contribution in [0, 0.1) is 39.9 Å². The van der Waals surface area contributed by atoms with Gasteiger partial charge in [0.1, 0.15) is 6.61 Å². The molecule has 35 heavy (non-hydrogen) atoms. The monoisotopic (exact) mass is 488 g/mol. The Morgan fingerprint density at radius 2 is 1.86 bits per heavy atom. The highest BCUT2D eigenvalue weighted by Crippen LogP contribution is 2.72. The van der Waals surface area contributed by atoms with Gasteiger partial charge in [0.25, 0.3) is 0 Å². The fraction of sp³-hybridized carbons (Fsp3) is 0.828. The van der Waals surface area contributed by atoms with Crippen LogP contribution in [-0.4, -0.2) is 45.6 Å². The molecule has 0 bridgehead atoms. The Hall–Kier alpha value is -1.53. The van der Waals surface area contributed by atoms with Crippen LogP contribution >= 0.6 is 0 Å². The number of unbranched alkanes of at least 4 members (excludes halogenated alkanes) is 3. The number of aliphatic hydroxyl groups excluding tert-OH is 2. The minimum absolute atomic E-state index is 0.0153. The van der Waals surface area contributed by atoms with E-state index in [1.807, 2.05) is 13.0 Å². The summed E-state index contributed by atoms with van der Waals surface area (Å²) in [5.41, 5.74) is -0.900. The van der Waals surface area contributed by atoms with E-state index in [0.717, 1.165) is 56.9 Å². The molecule has 0 saturated heterocycles. The average Bonchev–Trinajstić information content (AvgIpc) is 3.11. The fourth-order valence-electron chi connectivity index (χ4n) is 9.47. The summed E-state index contributed by atoms with van der Waals surface area (Å²) < 4.78 is 0. The highest BCUT2D eigenvalue weighted by Gasteiger charge is 2.71. The van der Waals surface area contributed by atoms with E-state index in [0.29, 0.717) is 25.7 Å². The summed E-state index contributed by atoms with van der Waals surface area (Å²) in [6.07, 6.45) is 9.86. The van der Waals surface area contributed by atoms with Crippen LogP contribution in [0.4, 0.5) is 0 Å². The van der Waals surface area contributed by atoms with Crippen LogP contribution in [0.3, 0.4) is 0 Å². The third-order valence-electron chi connectivity index (χ3n) is 11.0. The van der Waals surface area contributed by atoms with Crippen molar-refractivity contribution < 1.29 is 29.7 Å². The summed E-state index contributed by atoms with van der Waals surface area (Å²) in [6.45, 7) is 5.69. The molecule has 4 rings (SSSR count). The van der Waals surface area contributed by atoms with Crippen LogP contribution < -0.4 is 0 Å². The smallest absolute Gasteiger partial charge is 0.307 e. The summed E-state index contributed by atoms with van der Waals surface area (Å²) in [5, 5.41) is 32.2. The predicted octanol–water partition coefficient (Wildman–Crippen LogP) is 4.71. The Kier molecular flexibility index (Phi) is 7.38. The van der Waals surface area contributed by atoms with Gasteiger partial charge >= 0.3 is 5.97 Å². The zero-order valence-corrected chi connectivity index (χ0v) is 21.7. The molecule has 0 heterocycles. The molecule has 196 valence electrons. The summed E-state index contributed by atoms with van der Waals surface area (Å²) in [5.74, 6) is -1.66. The van der Waals surface area contributed by atoms with Crippen molar-refractivity contribution in [3.8, 4) is 0 Å². The molecule has 6 heteroatoms. The quantitative estimate of drug-likeness (QED) is 0.405. The Labute approximate surface area is 209 Å². The first-order valence-corrected chi connectivity index (χ1v) is 13.9. The molecule has 0 spiro atoms. The number of fused-ring (bicyclic) bond motifs is 5. The second kappa shape index (κ2) is 9.74. The number of aliphatic hydroxyl groups is 2. The average molecular weight is 489 g/mol. The maximum absolute atomic E-state index is 13.6. The third-order valence-corrected chi connectivity index (χ3v) is 11.0. The Morgan fingerprint density at radius 1 is 1.11 bits per heavy atom. The number of allylic oxidation sites excluding steroid dienone is 1. The minimum atomic E-state index is -1.16. The van der Waals surface area contributed by atoms with Crippen molar-refractivity contribution >= 4 is 17.5 Å². The lowest BCUT2D eigenvalue weighted by Crippen LogP contribution is -2.61. The van der Waals surface area contributed by atoms with E-state index in [1.165, 1.54) is 0 Å². The SMILES string of the molecule is CCCCCCC(C(=O)O)C1(C(=O)CO)CCC2C3CCC4=CC(=O)CCC4(C)C3C(O)CC21C. The van der Waals surface area contributed by atoms with E-state index in [9.17, 15) is 29.7 Å². The summed E-state index contributed by atoms with van der Waals surface area (Å²) >= 11 is 0. The summed E-state index contributed by atoms with van der Waals surface area (Å²) in [7, 11) is 0. The van der Waals surface area contributed by atoms with E-state index >= 15 is 0 Å². The van der Waals surface area contributed by atoms with Crippen LogP contribution in [0.5, 0.6) is 0 Å². The molecule has 0 aromatic carbocycles. The van der Waals surface area contributed by atoms with E-state index in [2.05, 4.69) is 13.8 Å². The number of aliphatic carboxylic acids is 1. The molecule has 3 fully saturated rings. The topological polar surface area (TPSA) is 112 Å². The van der Waals surface area contributed by atoms with Gasteiger partial charge in [0.15, 0.2) is 11.6 Å². The normalized spacial score (nSPS) is 41.4. The highest BCUT2D eigenvalue weighted by atomic mass is 16.4. The van der Waals surface area contributed by atoms with E-state index in [1.54, 1.807) is 0 Å². The Morgan fingerprint density at radius 3 is 2.51 bits per heavy atom. The van der Waals surface area contributed by atoms with Gasteiger partial charge in [0.2, 0.25) is 0 Å². The number of carbonyl (C=O) groups is 3. The molecule has 3 N–H and O–H groups in total. The van der Waals surface area contributed by atoms with Crippen LogP contribution in [-0.2, 0) is 14.4 Å². The molecule has 0 aromatic rings. The molecule has 8 unspecified atom stereocenters. The van der Waals surface area contributed by atoms with Crippen molar-refractivity contribution in [1.82, 2.24) is 0 Å². The molecule has 0 radical (unpaired) electrons. The molecular formula is C29H44O6. The molecule has 0 aliphatic heterocycles. The van der Waals surface area contributed by atoms with E-state index < -0.39 is 35.4 Å². The van der Waals surface area contributed by atoms with Gasteiger partial charge in [-0.2, -0.15) is 0 Å². The lowest BCUT2D eigenvalue weighted by Gasteiger charge is -2.62. The minimum Gasteiger partial charge on any atom is -0.481 e. The molecule has 0 aromatic heterocycles. The van der Waals surface area contributed by atoms with Crippen LogP contribution in [0.2, 0.25) is 0 Å². The van der Waals surface area contributed by atoms with Gasteiger partial charge in [0, 0.05) is 6.42 Å². The Balaban J connectivity index is 1.73. The second-order valence-corrected chi connectivity index (χ2v) is 12.4. The molecule has 3 saturated carbocycles. The lowest BCUT2D eigenvalue weighted by molar-refractivity contribution is -0.181. The number of carboxylic acid groups (broad SMARTS) is 1. The number of ketones is 2. The van der Waals surface area contributed by atoms with Gasteiger partial charge in [-0.15, -0.1) is 0 Å². The highest BCUT2D eigenvalue weighted by molar-refractivity contribution is 5.92. The van der Waals surface area contributed by atoms with Crippen LogP contribution in [0.25, 0.3) is 0 Å². The number of hydrogen-bond donors (Lipinski definition) is 3.